The van der Waals surface area contributed by atoms with Crippen LogP contribution in [0, 0.1) is 11.3 Å². The molecule has 0 fully saturated rings. The molecule has 0 aliphatic carbocycles. The topological polar surface area (TPSA) is 55.0 Å². The summed E-state index contributed by atoms with van der Waals surface area (Å²) >= 11 is 5.82. The summed E-state index contributed by atoms with van der Waals surface area (Å²) in [6, 6.07) is 12.4. The van der Waals surface area contributed by atoms with Crippen LogP contribution < -0.4 is 10.3 Å². The van der Waals surface area contributed by atoms with E-state index < -0.39 is 0 Å². The second kappa shape index (κ2) is 7.15. The second-order valence-corrected chi connectivity index (χ2v) is 5.63. The summed E-state index contributed by atoms with van der Waals surface area (Å²) in [5.41, 5.74) is 0.771. The summed E-state index contributed by atoms with van der Waals surface area (Å²) in [6.07, 6.45) is 0. The number of rotatable bonds is 5. The van der Waals surface area contributed by atoms with Crippen molar-refractivity contribution in [3.8, 4) is 11.8 Å². The minimum absolute atomic E-state index is 0.149. The van der Waals surface area contributed by atoms with Gasteiger partial charge in [-0.1, -0.05) is 25.4 Å². The van der Waals surface area contributed by atoms with Crippen molar-refractivity contribution in [3.05, 3.63) is 63.0 Å². The molecule has 0 saturated heterocycles. The van der Waals surface area contributed by atoms with E-state index in [1.165, 1.54) is 0 Å². The molecule has 0 spiro atoms. The van der Waals surface area contributed by atoms with Crippen molar-refractivity contribution in [1.29, 1.82) is 5.26 Å². The number of benzene rings is 1. The minimum atomic E-state index is -0.270. The van der Waals surface area contributed by atoms with E-state index in [-0.39, 0.29) is 17.0 Å². The molecule has 0 unspecified atom stereocenters. The molecule has 0 N–H and O–H groups in total. The second-order valence-electron chi connectivity index (χ2n) is 5.20. The summed E-state index contributed by atoms with van der Waals surface area (Å²) in [5, 5.41) is 9.64. The monoisotopic (exact) mass is 316 g/mol. The molecular formula is C17H17ClN2O2. The summed E-state index contributed by atoms with van der Waals surface area (Å²) in [4.78, 5) is 12.3. The van der Waals surface area contributed by atoms with E-state index >= 15 is 0 Å². The van der Waals surface area contributed by atoms with Gasteiger partial charge in [0.1, 0.15) is 24.0 Å². The van der Waals surface area contributed by atoms with Crippen LogP contribution in [0.2, 0.25) is 5.02 Å². The van der Waals surface area contributed by atoms with Gasteiger partial charge >= 0.3 is 0 Å². The Morgan fingerprint density at radius 3 is 2.50 bits per heavy atom. The van der Waals surface area contributed by atoms with Crippen LogP contribution in [0.5, 0.6) is 5.75 Å². The zero-order valence-corrected chi connectivity index (χ0v) is 13.3. The maximum atomic E-state index is 12.3. The number of nitrogens with zero attached hydrogens (tertiary/aromatic N) is 2. The van der Waals surface area contributed by atoms with Crippen LogP contribution in [0.3, 0.4) is 0 Å². The Balaban J connectivity index is 2.16. The first-order chi connectivity index (χ1) is 10.5. The molecule has 1 heterocycles. The number of hydrogen-bond acceptors (Lipinski definition) is 3. The van der Waals surface area contributed by atoms with Crippen molar-refractivity contribution in [2.24, 2.45) is 0 Å². The first-order valence-corrected chi connectivity index (χ1v) is 7.43. The van der Waals surface area contributed by atoms with Crippen molar-refractivity contribution in [3.63, 3.8) is 0 Å². The summed E-state index contributed by atoms with van der Waals surface area (Å²) < 4.78 is 7.24. The lowest BCUT2D eigenvalue weighted by Gasteiger charge is -2.16. The average molecular weight is 317 g/mol. The smallest absolute Gasteiger partial charge is 0.268 e. The number of aromatic nitrogens is 1. The molecule has 2 aromatic rings. The molecule has 0 atom stereocenters. The van der Waals surface area contributed by atoms with Gasteiger partial charge in [0, 0.05) is 10.7 Å². The molecule has 4 nitrogen and oxygen atoms in total. The Bertz CT molecular complexity index is 743. The Kier molecular flexibility index (Phi) is 5.24. The van der Waals surface area contributed by atoms with Gasteiger partial charge in [0.25, 0.3) is 5.56 Å². The zero-order valence-electron chi connectivity index (χ0n) is 12.5. The number of pyridine rings is 1. The van der Waals surface area contributed by atoms with Gasteiger partial charge in [-0.3, -0.25) is 4.79 Å². The van der Waals surface area contributed by atoms with Crippen LogP contribution in [0.25, 0.3) is 0 Å². The molecule has 0 amide bonds. The van der Waals surface area contributed by atoms with Crippen LogP contribution in [0.4, 0.5) is 0 Å². The lowest BCUT2D eigenvalue weighted by Crippen LogP contribution is -2.28. The number of nitriles is 1. The van der Waals surface area contributed by atoms with Crippen molar-refractivity contribution in [1.82, 2.24) is 4.57 Å². The molecule has 0 saturated carbocycles. The summed E-state index contributed by atoms with van der Waals surface area (Å²) in [6.45, 7) is 4.76. The highest BCUT2D eigenvalue weighted by Gasteiger charge is 2.11. The number of hydrogen-bond donors (Lipinski definition) is 0. The van der Waals surface area contributed by atoms with Gasteiger partial charge in [-0.2, -0.15) is 5.26 Å². The van der Waals surface area contributed by atoms with Gasteiger partial charge in [-0.05, 0) is 42.3 Å². The van der Waals surface area contributed by atoms with E-state index in [0.29, 0.717) is 23.9 Å². The van der Waals surface area contributed by atoms with Crippen molar-refractivity contribution >= 4 is 11.6 Å². The predicted octanol–water partition coefficient (Wildman–Crippen LogP) is 3.58. The lowest BCUT2D eigenvalue weighted by atomic mass is 10.1. The fourth-order valence-electron chi connectivity index (χ4n) is 2.20. The minimum Gasteiger partial charge on any atom is -0.492 e. The Hall–Kier alpha value is -2.25. The number of halogens is 1. The van der Waals surface area contributed by atoms with Crippen LogP contribution >= 0.6 is 11.6 Å². The molecule has 22 heavy (non-hydrogen) atoms. The maximum Gasteiger partial charge on any atom is 0.268 e. The average Bonchev–Trinajstić information content (AvgIpc) is 2.50. The SMILES string of the molecule is CC(C)c1ccc(C#N)c(=O)n1CCOc1ccc(Cl)cc1. The predicted molar refractivity (Wildman–Crippen MR) is 86.5 cm³/mol. The Morgan fingerprint density at radius 1 is 1.23 bits per heavy atom. The summed E-state index contributed by atoms with van der Waals surface area (Å²) in [7, 11) is 0. The van der Waals surface area contributed by atoms with Gasteiger partial charge in [-0.25, -0.2) is 0 Å². The van der Waals surface area contributed by atoms with E-state index in [2.05, 4.69) is 0 Å². The van der Waals surface area contributed by atoms with Gasteiger partial charge in [0.15, 0.2) is 0 Å². The highest BCUT2D eigenvalue weighted by Crippen LogP contribution is 2.16. The Morgan fingerprint density at radius 2 is 1.91 bits per heavy atom. The third-order valence-corrected chi connectivity index (χ3v) is 3.57. The highest BCUT2D eigenvalue weighted by atomic mass is 35.5. The molecule has 1 aromatic heterocycles. The molecular weight excluding hydrogens is 300 g/mol. The van der Waals surface area contributed by atoms with Gasteiger partial charge < -0.3 is 9.30 Å². The van der Waals surface area contributed by atoms with E-state index in [9.17, 15) is 4.79 Å². The van der Waals surface area contributed by atoms with Gasteiger partial charge in [0.05, 0.1) is 6.54 Å². The van der Waals surface area contributed by atoms with E-state index in [4.69, 9.17) is 21.6 Å². The molecule has 5 heteroatoms. The molecule has 2 rings (SSSR count). The van der Waals surface area contributed by atoms with Gasteiger partial charge in [-0.15, -0.1) is 0 Å². The maximum absolute atomic E-state index is 12.3. The number of ether oxygens (including phenoxy) is 1. The van der Waals surface area contributed by atoms with Crippen LogP contribution in [-0.2, 0) is 6.54 Å². The van der Waals surface area contributed by atoms with Crippen LogP contribution in [0.15, 0.2) is 41.2 Å². The lowest BCUT2D eigenvalue weighted by molar-refractivity contribution is 0.293. The Labute approximate surface area is 134 Å². The third kappa shape index (κ3) is 3.69. The molecule has 0 bridgehead atoms. The van der Waals surface area contributed by atoms with Gasteiger partial charge in [0.2, 0.25) is 0 Å². The highest BCUT2D eigenvalue weighted by molar-refractivity contribution is 6.30. The van der Waals surface area contributed by atoms with E-state index in [0.717, 1.165) is 5.69 Å². The van der Waals surface area contributed by atoms with E-state index in [1.807, 2.05) is 26.0 Å². The van der Waals surface area contributed by atoms with E-state index in [1.54, 1.807) is 34.9 Å². The molecule has 114 valence electrons. The quantitative estimate of drug-likeness (QED) is 0.847. The normalized spacial score (nSPS) is 10.5. The first kappa shape index (κ1) is 16.1. The first-order valence-electron chi connectivity index (χ1n) is 7.05. The molecule has 0 aliphatic rings. The fraction of sp³-hybridized carbons (Fsp3) is 0.294. The van der Waals surface area contributed by atoms with Crippen LogP contribution in [0.1, 0.15) is 31.0 Å². The van der Waals surface area contributed by atoms with Crippen LogP contribution in [-0.4, -0.2) is 11.2 Å². The van der Waals surface area contributed by atoms with Crippen molar-refractivity contribution < 1.29 is 4.74 Å². The standard InChI is InChI=1S/C17H17ClN2O2/c1-12(2)16-8-3-13(11-19)17(21)20(16)9-10-22-15-6-4-14(18)5-7-15/h3-8,12H,9-10H2,1-2H3. The largest absolute Gasteiger partial charge is 0.492 e. The summed E-state index contributed by atoms with van der Waals surface area (Å²) in [5.74, 6) is 0.885. The fourth-order valence-corrected chi connectivity index (χ4v) is 2.32. The van der Waals surface area contributed by atoms with Crippen molar-refractivity contribution in [2.75, 3.05) is 6.61 Å². The van der Waals surface area contributed by atoms with Crippen molar-refractivity contribution in [2.45, 2.75) is 26.3 Å². The molecule has 0 aliphatic heterocycles. The zero-order chi connectivity index (χ0) is 16.1. The third-order valence-electron chi connectivity index (χ3n) is 3.32. The molecule has 1 aromatic carbocycles. The molecule has 0 radical (unpaired) electrons.